The third-order valence-electron chi connectivity index (χ3n) is 5.40. The van der Waals surface area contributed by atoms with Crippen molar-refractivity contribution in [2.75, 3.05) is 13.1 Å². The zero-order valence-corrected chi connectivity index (χ0v) is 13.8. The Morgan fingerprint density at radius 1 is 1.36 bits per heavy atom. The first-order valence-electron chi connectivity index (χ1n) is 8.36. The Balaban J connectivity index is 1.86. The monoisotopic (exact) mass is 306 g/mol. The van der Waals surface area contributed by atoms with Gasteiger partial charge >= 0.3 is 0 Å². The predicted octanol–water partition coefficient (Wildman–Crippen LogP) is 3.49. The molecule has 3 nitrogen and oxygen atoms in total. The maximum Gasteiger partial charge on any atom is 0.125 e. The molecule has 3 unspecified atom stereocenters. The van der Waals surface area contributed by atoms with Gasteiger partial charge in [-0.05, 0) is 58.4 Å². The Bertz CT molecular complexity index is 546. The van der Waals surface area contributed by atoms with Gasteiger partial charge in [-0.25, -0.2) is 4.39 Å². The number of halogens is 1. The number of fused-ring (bicyclic) bond motifs is 1. The van der Waals surface area contributed by atoms with Crippen molar-refractivity contribution in [1.82, 2.24) is 4.90 Å². The molecule has 0 radical (unpaired) electrons. The van der Waals surface area contributed by atoms with Crippen molar-refractivity contribution in [1.29, 1.82) is 0 Å². The Morgan fingerprint density at radius 2 is 2.14 bits per heavy atom. The van der Waals surface area contributed by atoms with Crippen molar-refractivity contribution < 1.29 is 9.13 Å². The molecular weight excluding hydrogens is 279 g/mol. The van der Waals surface area contributed by atoms with Gasteiger partial charge < -0.3 is 15.4 Å². The zero-order valence-electron chi connectivity index (χ0n) is 13.8. The number of ether oxygens (including phenoxy) is 1. The maximum absolute atomic E-state index is 13.6. The number of nitrogens with zero attached hydrogens (tertiary/aromatic N) is 1. The average Bonchev–Trinajstić information content (AvgIpc) is 2.46. The summed E-state index contributed by atoms with van der Waals surface area (Å²) in [5.74, 6) is 0.631. The van der Waals surface area contributed by atoms with E-state index in [0.29, 0.717) is 6.04 Å². The molecule has 4 heteroatoms. The number of nitrogens with two attached hydrogens (primary N) is 1. The Labute approximate surface area is 132 Å². The number of hydrogen-bond donors (Lipinski definition) is 1. The smallest absolute Gasteiger partial charge is 0.125 e. The molecular formula is C18H27FN2O. The predicted molar refractivity (Wildman–Crippen MR) is 86.4 cm³/mol. The molecule has 3 rings (SSSR count). The van der Waals surface area contributed by atoms with Crippen LogP contribution < -0.4 is 10.5 Å². The average molecular weight is 306 g/mol. The van der Waals surface area contributed by atoms with E-state index in [4.69, 9.17) is 10.5 Å². The van der Waals surface area contributed by atoms with Crippen LogP contribution in [-0.4, -0.2) is 29.6 Å². The molecule has 2 aliphatic rings. The molecule has 1 aromatic rings. The fourth-order valence-corrected chi connectivity index (χ4v) is 3.90. The van der Waals surface area contributed by atoms with Gasteiger partial charge in [0.15, 0.2) is 0 Å². The molecule has 2 heterocycles. The molecule has 1 aromatic carbocycles. The highest BCUT2D eigenvalue weighted by Gasteiger charge is 2.43. The number of rotatable bonds is 2. The third-order valence-corrected chi connectivity index (χ3v) is 5.40. The lowest BCUT2D eigenvalue weighted by Crippen LogP contribution is -2.53. The van der Waals surface area contributed by atoms with Crippen molar-refractivity contribution >= 4 is 0 Å². The quantitative estimate of drug-likeness (QED) is 0.909. The zero-order chi connectivity index (χ0) is 15.9. The molecule has 0 amide bonds. The van der Waals surface area contributed by atoms with Gasteiger partial charge in [0.05, 0.1) is 0 Å². The molecule has 1 fully saturated rings. The van der Waals surface area contributed by atoms with E-state index in [1.807, 2.05) is 0 Å². The topological polar surface area (TPSA) is 38.5 Å². The van der Waals surface area contributed by atoms with E-state index in [9.17, 15) is 4.39 Å². The highest BCUT2D eigenvalue weighted by Crippen LogP contribution is 2.43. The SMILES string of the molecule is CC1CCCCN1CC1C(N)c2cc(F)ccc2OC1(C)C. The minimum atomic E-state index is -0.346. The summed E-state index contributed by atoms with van der Waals surface area (Å²) in [6, 6.07) is 5.07. The molecule has 0 aliphatic carbocycles. The lowest BCUT2D eigenvalue weighted by Gasteiger charge is -2.47. The number of hydrogen-bond acceptors (Lipinski definition) is 3. The Morgan fingerprint density at radius 3 is 2.86 bits per heavy atom. The first-order valence-corrected chi connectivity index (χ1v) is 8.36. The molecule has 3 atom stereocenters. The molecule has 22 heavy (non-hydrogen) atoms. The second-order valence-electron chi connectivity index (χ2n) is 7.36. The van der Waals surface area contributed by atoms with Gasteiger partial charge in [0.1, 0.15) is 17.2 Å². The van der Waals surface area contributed by atoms with Crippen molar-refractivity contribution in [3.8, 4) is 5.75 Å². The van der Waals surface area contributed by atoms with Crippen molar-refractivity contribution in [2.24, 2.45) is 11.7 Å². The summed E-state index contributed by atoms with van der Waals surface area (Å²) in [6.45, 7) is 8.51. The second kappa shape index (κ2) is 5.82. The van der Waals surface area contributed by atoms with Crippen LogP contribution in [0, 0.1) is 11.7 Å². The van der Waals surface area contributed by atoms with Crippen LogP contribution in [0.15, 0.2) is 18.2 Å². The summed E-state index contributed by atoms with van der Waals surface area (Å²) in [5.41, 5.74) is 6.98. The van der Waals surface area contributed by atoms with E-state index < -0.39 is 0 Å². The highest BCUT2D eigenvalue weighted by atomic mass is 19.1. The summed E-state index contributed by atoms with van der Waals surface area (Å²) in [4.78, 5) is 2.52. The van der Waals surface area contributed by atoms with Crippen LogP contribution >= 0.6 is 0 Å². The van der Waals surface area contributed by atoms with E-state index >= 15 is 0 Å². The molecule has 0 saturated carbocycles. The van der Waals surface area contributed by atoms with Gasteiger partial charge in [-0.15, -0.1) is 0 Å². The van der Waals surface area contributed by atoms with Crippen molar-refractivity contribution in [3.63, 3.8) is 0 Å². The van der Waals surface area contributed by atoms with E-state index in [2.05, 4.69) is 25.7 Å². The van der Waals surface area contributed by atoms with Gasteiger partial charge in [0.2, 0.25) is 0 Å². The van der Waals surface area contributed by atoms with E-state index in [1.54, 1.807) is 6.07 Å². The van der Waals surface area contributed by atoms with Gasteiger partial charge in [-0.2, -0.15) is 0 Å². The fourth-order valence-electron chi connectivity index (χ4n) is 3.90. The van der Waals surface area contributed by atoms with Crippen LogP contribution in [0.25, 0.3) is 0 Å². The van der Waals surface area contributed by atoms with Crippen LogP contribution in [0.2, 0.25) is 0 Å². The molecule has 0 spiro atoms. The van der Waals surface area contributed by atoms with E-state index in [-0.39, 0.29) is 23.4 Å². The number of likely N-dealkylation sites (tertiary alicyclic amines) is 1. The molecule has 122 valence electrons. The van der Waals surface area contributed by atoms with Gasteiger partial charge in [-0.3, -0.25) is 0 Å². The Kier molecular flexibility index (Phi) is 4.17. The highest BCUT2D eigenvalue weighted by molar-refractivity contribution is 5.40. The van der Waals surface area contributed by atoms with Crippen LogP contribution in [0.5, 0.6) is 5.75 Å². The first kappa shape index (κ1) is 15.8. The lowest BCUT2D eigenvalue weighted by atomic mass is 9.78. The maximum atomic E-state index is 13.6. The van der Waals surface area contributed by atoms with Crippen LogP contribution in [0.4, 0.5) is 4.39 Å². The normalized spacial score (nSPS) is 31.4. The summed E-state index contributed by atoms with van der Waals surface area (Å²) < 4.78 is 19.7. The van der Waals surface area contributed by atoms with Crippen molar-refractivity contribution in [3.05, 3.63) is 29.6 Å². The minimum absolute atomic E-state index is 0.155. The molecule has 1 saturated heterocycles. The van der Waals surface area contributed by atoms with Crippen molar-refractivity contribution in [2.45, 2.75) is 57.7 Å². The van der Waals surface area contributed by atoms with Crippen LogP contribution in [0.1, 0.15) is 51.6 Å². The van der Waals surface area contributed by atoms with Gasteiger partial charge in [0.25, 0.3) is 0 Å². The van der Waals surface area contributed by atoms with E-state index in [0.717, 1.165) is 24.4 Å². The first-order chi connectivity index (χ1) is 10.4. The van der Waals surface area contributed by atoms with Gasteiger partial charge in [0, 0.05) is 30.1 Å². The molecule has 0 aromatic heterocycles. The summed E-state index contributed by atoms with van der Waals surface area (Å²) in [5, 5.41) is 0. The lowest BCUT2D eigenvalue weighted by molar-refractivity contribution is -0.0167. The van der Waals surface area contributed by atoms with Crippen LogP contribution in [0.3, 0.4) is 0 Å². The summed E-state index contributed by atoms with van der Waals surface area (Å²) in [7, 11) is 0. The van der Waals surface area contributed by atoms with Crippen LogP contribution in [-0.2, 0) is 0 Å². The van der Waals surface area contributed by atoms with Gasteiger partial charge in [-0.1, -0.05) is 6.42 Å². The molecule has 2 N–H and O–H groups in total. The summed E-state index contributed by atoms with van der Waals surface area (Å²) >= 11 is 0. The Hall–Kier alpha value is -1.13. The molecule has 0 bridgehead atoms. The molecule has 2 aliphatic heterocycles. The summed E-state index contributed by atoms with van der Waals surface area (Å²) in [6.07, 6.45) is 3.80. The largest absolute Gasteiger partial charge is 0.487 e. The van der Waals surface area contributed by atoms with E-state index in [1.165, 1.54) is 31.4 Å². The number of piperidine rings is 1. The third kappa shape index (κ3) is 2.86. The second-order valence-corrected chi connectivity index (χ2v) is 7.36. The minimum Gasteiger partial charge on any atom is -0.487 e. The fraction of sp³-hybridized carbons (Fsp3) is 0.667. The standard InChI is InChI=1S/C18H27FN2O/c1-12-6-4-5-9-21(12)11-15-17(20)14-10-13(19)7-8-16(14)22-18(15,2)3/h7-8,10,12,15,17H,4-6,9,11,20H2,1-3H3. The number of benzene rings is 1.